The van der Waals surface area contributed by atoms with E-state index in [1.54, 1.807) is 6.07 Å². The molecule has 0 aliphatic rings. The van der Waals surface area contributed by atoms with E-state index in [4.69, 9.17) is 23.2 Å². The maximum atomic E-state index is 12.7. The topological polar surface area (TPSA) is 54.9 Å². The van der Waals surface area contributed by atoms with Crippen molar-refractivity contribution >= 4 is 46.6 Å². The lowest BCUT2D eigenvalue weighted by atomic mass is 10.3. The molecular formula is C14H10Cl2F3N3OS. The number of halogens is 5. The number of carbonyl (C=O) groups is 1. The van der Waals surface area contributed by atoms with Crippen molar-refractivity contribution < 1.29 is 18.0 Å². The van der Waals surface area contributed by atoms with Gasteiger partial charge in [0.05, 0.1) is 16.5 Å². The van der Waals surface area contributed by atoms with Crippen molar-refractivity contribution in [1.29, 1.82) is 0 Å². The second-order valence-corrected chi connectivity index (χ2v) is 6.42. The van der Waals surface area contributed by atoms with Gasteiger partial charge in [-0.05, 0) is 31.2 Å². The predicted octanol–water partition coefficient (Wildman–Crippen LogP) is 4.84. The number of thioether (sulfide) groups is 1. The lowest BCUT2D eigenvalue weighted by Gasteiger charge is -2.09. The molecule has 0 radical (unpaired) electrons. The number of alkyl halides is 3. The van der Waals surface area contributed by atoms with E-state index in [1.165, 1.54) is 19.1 Å². The molecule has 1 aromatic carbocycles. The number of benzene rings is 1. The van der Waals surface area contributed by atoms with Crippen molar-refractivity contribution in [3.63, 3.8) is 0 Å². The maximum absolute atomic E-state index is 12.7. The first-order chi connectivity index (χ1) is 11.1. The lowest BCUT2D eigenvalue weighted by Crippen LogP contribution is -2.15. The molecule has 0 fully saturated rings. The van der Waals surface area contributed by atoms with E-state index in [0.717, 1.165) is 17.8 Å². The highest BCUT2D eigenvalue weighted by Crippen LogP contribution is 2.29. The van der Waals surface area contributed by atoms with Crippen LogP contribution >= 0.6 is 35.0 Å². The Labute approximate surface area is 149 Å². The van der Waals surface area contributed by atoms with Crippen molar-refractivity contribution in [3.05, 3.63) is 45.7 Å². The molecule has 1 N–H and O–H groups in total. The normalized spacial score (nSPS) is 11.4. The van der Waals surface area contributed by atoms with E-state index in [2.05, 4.69) is 15.3 Å². The van der Waals surface area contributed by atoms with Crippen LogP contribution in [0, 0.1) is 6.92 Å². The van der Waals surface area contributed by atoms with Crippen LogP contribution in [0.1, 0.15) is 11.4 Å². The van der Waals surface area contributed by atoms with Gasteiger partial charge in [0.15, 0.2) is 5.16 Å². The summed E-state index contributed by atoms with van der Waals surface area (Å²) in [5.41, 5.74) is -0.521. The molecule has 0 aliphatic carbocycles. The Bertz CT molecular complexity index is 771. The number of aryl methyl sites for hydroxylation is 1. The molecule has 2 rings (SSSR count). The molecule has 0 bridgehead atoms. The molecule has 4 nitrogen and oxygen atoms in total. The second-order valence-electron chi connectivity index (χ2n) is 4.64. The van der Waals surface area contributed by atoms with Gasteiger partial charge in [-0.1, -0.05) is 35.0 Å². The quantitative estimate of drug-likeness (QED) is 0.594. The van der Waals surface area contributed by atoms with Gasteiger partial charge in [-0.25, -0.2) is 9.97 Å². The molecule has 128 valence electrons. The zero-order valence-corrected chi connectivity index (χ0v) is 14.4. The van der Waals surface area contributed by atoms with Crippen molar-refractivity contribution in [3.8, 4) is 0 Å². The summed E-state index contributed by atoms with van der Waals surface area (Å²) in [5.74, 6) is -0.623. The van der Waals surface area contributed by atoms with Crippen molar-refractivity contribution in [2.75, 3.05) is 11.1 Å². The fraction of sp³-hybridized carbons (Fsp3) is 0.214. The molecule has 1 aromatic heterocycles. The monoisotopic (exact) mass is 395 g/mol. The highest BCUT2D eigenvalue weighted by Gasteiger charge is 2.33. The Morgan fingerprint density at radius 1 is 1.25 bits per heavy atom. The number of hydrogen-bond acceptors (Lipinski definition) is 4. The first kappa shape index (κ1) is 18.8. The van der Waals surface area contributed by atoms with E-state index in [-0.39, 0.29) is 21.6 Å². The van der Waals surface area contributed by atoms with Gasteiger partial charge in [-0.2, -0.15) is 13.2 Å². The molecule has 0 saturated carbocycles. The summed E-state index contributed by atoms with van der Waals surface area (Å²) in [6.07, 6.45) is -4.57. The van der Waals surface area contributed by atoms with E-state index in [9.17, 15) is 18.0 Å². The fourth-order valence-electron chi connectivity index (χ4n) is 1.66. The SMILES string of the molecule is Cc1cc(C(F)(F)F)nc(SCC(=O)Nc2ccc(Cl)cc2Cl)n1. The summed E-state index contributed by atoms with van der Waals surface area (Å²) in [6.45, 7) is 1.43. The highest BCUT2D eigenvalue weighted by atomic mass is 35.5. The van der Waals surface area contributed by atoms with Gasteiger partial charge in [0.25, 0.3) is 0 Å². The minimum atomic E-state index is -4.57. The summed E-state index contributed by atoms with van der Waals surface area (Å²) in [7, 11) is 0. The third-order valence-electron chi connectivity index (χ3n) is 2.66. The Hall–Kier alpha value is -1.51. The number of anilines is 1. The zero-order chi connectivity index (χ0) is 17.9. The number of carbonyl (C=O) groups excluding carboxylic acids is 1. The minimum absolute atomic E-state index is 0.125. The first-order valence-electron chi connectivity index (χ1n) is 6.46. The predicted molar refractivity (Wildman–Crippen MR) is 87.6 cm³/mol. The summed E-state index contributed by atoms with van der Waals surface area (Å²) >= 11 is 12.5. The Balaban J connectivity index is 2.02. The van der Waals surface area contributed by atoms with Gasteiger partial charge >= 0.3 is 6.18 Å². The van der Waals surface area contributed by atoms with Gasteiger partial charge in [0, 0.05) is 10.7 Å². The van der Waals surface area contributed by atoms with E-state index in [0.29, 0.717) is 10.7 Å². The third-order valence-corrected chi connectivity index (χ3v) is 4.06. The van der Waals surface area contributed by atoms with Crippen LogP contribution in [-0.2, 0) is 11.0 Å². The zero-order valence-electron chi connectivity index (χ0n) is 12.1. The number of nitrogens with zero attached hydrogens (tertiary/aromatic N) is 2. The van der Waals surface area contributed by atoms with Crippen LogP contribution in [-0.4, -0.2) is 21.6 Å². The number of hydrogen-bond donors (Lipinski definition) is 1. The Morgan fingerprint density at radius 2 is 1.96 bits per heavy atom. The van der Waals surface area contributed by atoms with Crippen LogP contribution in [0.3, 0.4) is 0 Å². The average molecular weight is 396 g/mol. The van der Waals surface area contributed by atoms with E-state index in [1.807, 2.05) is 0 Å². The molecule has 0 unspecified atom stereocenters. The van der Waals surface area contributed by atoms with Crippen LogP contribution in [0.25, 0.3) is 0 Å². The van der Waals surface area contributed by atoms with E-state index >= 15 is 0 Å². The number of nitrogens with one attached hydrogen (secondary N) is 1. The molecule has 0 atom stereocenters. The standard InChI is InChI=1S/C14H10Cl2F3N3OS/c1-7-4-11(14(17,18)19)22-13(20-7)24-6-12(23)21-10-3-2-8(15)5-9(10)16/h2-5H,6H2,1H3,(H,21,23). The van der Waals surface area contributed by atoms with Crippen molar-refractivity contribution in [2.45, 2.75) is 18.3 Å². The summed E-state index contributed by atoms with van der Waals surface area (Å²) < 4.78 is 38.1. The number of amides is 1. The minimum Gasteiger partial charge on any atom is -0.324 e. The molecule has 10 heteroatoms. The van der Waals surface area contributed by atoms with Crippen molar-refractivity contribution in [1.82, 2.24) is 9.97 Å². The highest BCUT2D eigenvalue weighted by molar-refractivity contribution is 7.99. The van der Waals surface area contributed by atoms with Crippen LogP contribution in [0.4, 0.5) is 18.9 Å². The molecular weight excluding hydrogens is 386 g/mol. The number of rotatable bonds is 4. The lowest BCUT2D eigenvalue weighted by molar-refractivity contribution is -0.141. The smallest absolute Gasteiger partial charge is 0.324 e. The molecule has 24 heavy (non-hydrogen) atoms. The summed E-state index contributed by atoms with van der Waals surface area (Å²) in [5, 5.41) is 3.09. The average Bonchev–Trinajstić information content (AvgIpc) is 2.47. The second kappa shape index (κ2) is 7.58. The van der Waals surface area contributed by atoms with Crippen LogP contribution < -0.4 is 5.32 Å². The first-order valence-corrected chi connectivity index (χ1v) is 8.20. The fourth-order valence-corrected chi connectivity index (χ4v) is 2.82. The van der Waals surface area contributed by atoms with Crippen molar-refractivity contribution in [2.24, 2.45) is 0 Å². The molecule has 1 amide bonds. The molecule has 0 spiro atoms. The van der Waals surface area contributed by atoms with E-state index < -0.39 is 17.8 Å². The van der Waals surface area contributed by atoms with Gasteiger partial charge in [0.2, 0.25) is 5.91 Å². The van der Waals surface area contributed by atoms with Crippen LogP contribution in [0.5, 0.6) is 0 Å². The van der Waals surface area contributed by atoms with Gasteiger partial charge in [0.1, 0.15) is 5.69 Å². The Kier molecular flexibility index (Phi) is 5.95. The van der Waals surface area contributed by atoms with Crippen LogP contribution in [0.2, 0.25) is 10.0 Å². The summed E-state index contributed by atoms with van der Waals surface area (Å²) in [6, 6.07) is 5.39. The molecule has 1 heterocycles. The van der Waals surface area contributed by atoms with Crippen LogP contribution in [0.15, 0.2) is 29.4 Å². The third kappa shape index (κ3) is 5.25. The Morgan fingerprint density at radius 3 is 2.58 bits per heavy atom. The summed E-state index contributed by atoms with van der Waals surface area (Å²) in [4.78, 5) is 19.2. The molecule has 0 aliphatic heterocycles. The van der Waals surface area contributed by atoms with Gasteiger partial charge in [-0.3, -0.25) is 4.79 Å². The van der Waals surface area contributed by atoms with Gasteiger partial charge < -0.3 is 5.32 Å². The number of aromatic nitrogens is 2. The van der Waals surface area contributed by atoms with Gasteiger partial charge in [-0.15, -0.1) is 0 Å². The molecule has 2 aromatic rings. The largest absolute Gasteiger partial charge is 0.433 e. The molecule has 0 saturated heterocycles. The maximum Gasteiger partial charge on any atom is 0.433 e.